The number of hydrogen-bond donors (Lipinski definition) is 0. The van der Waals surface area contributed by atoms with Gasteiger partial charge in [0.15, 0.2) is 0 Å². The molecular formula is C12H19N3O3. The van der Waals surface area contributed by atoms with Crippen molar-refractivity contribution in [2.24, 2.45) is 0 Å². The van der Waals surface area contributed by atoms with E-state index in [1.165, 1.54) is 12.0 Å². The minimum absolute atomic E-state index is 0.0430. The number of carbonyl (C=O) groups is 2. The fourth-order valence-corrected chi connectivity index (χ4v) is 1.58. The maximum absolute atomic E-state index is 12.3. The second kappa shape index (κ2) is 6.18. The van der Waals surface area contributed by atoms with E-state index in [4.69, 9.17) is 0 Å². The molecule has 6 nitrogen and oxygen atoms in total. The summed E-state index contributed by atoms with van der Waals surface area (Å²) >= 11 is 0. The van der Waals surface area contributed by atoms with Gasteiger partial charge in [0.1, 0.15) is 12.6 Å². The lowest BCUT2D eigenvalue weighted by Crippen LogP contribution is -2.44. The molecule has 0 aromatic carbocycles. The Bertz CT molecular complexity index is 401. The summed E-state index contributed by atoms with van der Waals surface area (Å²) in [6.07, 6.45) is 3.34. The molecule has 100 valence electrons. The van der Waals surface area contributed by atoms with Crippen LogP contribution in [0.25, 0.3) is 0 Å². The Kier molecular flexibility index (Phi) is 4.88. The van der Waals surface area contributed by atoms with Crippen LogP contribution >= 0.6 is 0 Å². The number of amides is 1. The Morgan fingerprint density at radius 3 is 2.50 bits per heavy atom. The zero-order chi connectivity index (χ0) is 13.7. The van der Waals surface area contributed by atoms with Gasteiger partial charge < -0.3 is 9.64 Å². The minimum Gasteiger partial charge on any atom is -0.468 e. The third-order valence-corrected chi connectivity index (χ3v) is 2.71. The lowest BCUT2D eigenvalue weighted by molar-refractivity contribution is -0.149. The molecule has 1 atom stereocenters. The van der Waals surface area contributed by atoms with Gasteiger partial charge in [0.2, 0.25) is 5.91 Å². The molecular weight excluding hydrogens is 234 g/mol. The van der Waals surface area contributed by atoms with Crippen LogP contribution in [-0.4, -0.2) is 46.3 Å². The van der Waals surface area contributed by atoms with Gasteiger partial charge in [-0.3, -0.25) is 14.3 Å². The van der Waals surface area contributed by atoms with E-state index in [0.717, 1.165) is 0 Å². The van der Waals surface area contributed by atoms with Crippen molar-refractivity contribution in [2.45, 2.75) is 32.9 Å². The molecule has 1 amide bonds. The average molecular weight is 253 g/mol. The third-order valence-electron chi connectivity index (χ3n) is 2.71. The molecule has 1 unspecified atom stereocenters. The zero-order valence-electron chi connectivity index (χ0n) is 11.2. The summed E-state index contributed by atoms with van der Waals surface area (Å²) in [6.45, 7) is 5.42. The molecule has 1 aromatic rings. The number of esters is 1. The van der Waals surface area contributed by atoms with Crippen LogP contribution in [-0.2, 0) is 14.3 Å². The van der Waals surface area contributed by atoms with Crippen molar-refractivity contribution < 1.29 is 14.3 Å². The van der Waals surface area contributed by atoms with Crippen molar-refractivity contribution in [3.8, 4) is 0 Å². The predicted octanol–water partition coefficient (Wildman–Crippen LogP) is 0.854. The fourth-order valence-electron chi connectivity index (χ4n) is 1.58. The normalized spacial score (nSPS) is 12.3. The number of nitrogens with zero attached hydrogens (tertiary/aromatic N) is 3. The summed E-state index contributed by atoms with van der Waals surface area (Å²) in [4.78, 5) is 25.1. The van der Waals surface area contributed by atoms with Gasteiger partial charge in [-0.15, -0.1) is 0 Å². The van der Waals surface area contributed by atoms with Gasteiger partial charge in [-0.1, -0.05) is 0 Å². The van der Waals surface area contributed by atoms with Crippen LogP contribution in [0, 0.1) is 0 Å². The van der Waals surface area contributed by atoms with E-state index in [9.17, 15) is 9.59 Å². The molecule has 0 bridgehead atoms. The topological polar surface area (TPSA) is 64.4 Å². The molecule has 0 fully saturated rings. The number of carbonyl (C=O) groups excluding carboxylic acids is 2. The molecule has 18 heavy (non-hydrogen) atoms. The lowest BCUT2D eigenvalue weighted by atomic mass is 10.2. The highest BCUT2D eigenvalue weighted by Crippen LogP contribution is 2.11. The van der Waals surface area contributed by atoms with E-state index in [0.29, 0.717) is 0 Å². The fraction of sp³-hybridized carbons (Fsp3) is 0.583. The quantitative estimate of drug-likeness (QED) is 0.730. The lowest BCUT2D eigenvalue weighted by Gasteiger charge is -2.28. The molecule has 1 heterocycles. The number of rotatable bonds is 5. The van der Waals surface area contributed by atoms with Crippen LogP contribution in [0.15, 0.2) is 18.5 Å². The van der Waals surface area contributed by atoms with Gasteiger partial charge in [0.05, 0.1) is 7.11 Å². The molecule has 0 aliphatic rings. The second-order valence-corrected chi connectivity index (χ2v) is 4.30. The zero-order valence-corrected chi connectivity index (χ0v) is 11.2. The number of aromatic nitrogens is 2. The first-order chi connectivity index (χ1) is 8.47. The largest absolute Gasteiger partial charge is 0.468 e. The Balaban J connectivity index is 2.79. The van der Waals surface area contributed by atoms with Crippen LogP contribution in [0.3, 0.4) is 0 Å². The summed E-state index contributed by atoms with van der Waals surface area (Å²) in [6, 6.07) is 1.24. The maximum atomic E-state index is 12.3. The molecule has 0 aliphatic carbocycles. The van der Waals surface area contributed by atoms with Crippen LogP contribution in [0.2, 0.25) is 0 Å². The van der Waals surface area contributed by atoms with Crippen LogP contribution in [0.5, 0.6) is 0 Å². The maximum Gasteiger partial charge on any atom is 0.325 e. The summed E-state index contributed by atoms with van der Waals surface area (Å²) in [7, 11) is 1.31. The van der Waals surface area contributed by atoms with Crippen LogP contribution in [0.4, 0.5) is 0 Å². The monoisotopic (exact) mass is 253 g/mol. The first-order valence-corrected chi connectivity index (χ1v) is 5.83. The van der Waals surface area contributed by atoms with E-state index in [1.54, 1.807) is 30.1 Å². The Morgan fingerprint density at radius 2 is 2.06 bits per heavy atom. The van der Waals surface area contributed by atoms with Gasteiger partial charge in [-0.25, -0.2) is 0 Å². The predicted molar refractivity (Wildman–Crippen MR) is 65.8 cm³/mol. The van der Waals surface area contributed by atoms with E-state index >= 15 is 0 Å². The third kappa shape index (κ3) is 3.32. The molecule has 1 aromatic heterocycles. The summed E-state index contributed by atoms with van der Waals surface area (Å²) in [5.41, 5.74) is 0. The van der Waals surface area contributed by atoms with Gasteiger partial charge in [-0.05, 0) is 26.8 Å². The summed E-state index contributed by atoms with van der Waals surface area (Å²) in [5, 5.41) is 4.03. The van der Waals surface area contributed by atoms with Crippen molar-refractivity contribution in [2.75, 3.05) is 13.7 Å². The van der Waals surface area contributed by atoms with Crippen LogP contribution < -0.4 is 0 Å². The molecule has 0 aliphatic heterocycles. The SMILES string of the molecule is COC(=O)CN(C(=O)C(C)n1cccn1)C(C)C. The molecule has 0 N–H and O–H groups in total. The van der Waals surface area contributed by atoms with Gasteiger partial charge in [0, 0.05) is 18.4 Å². The van der Waals surface area contributed by atoms with Gasteiger partial charge in [-0.2, -0.15) is 5.10 Å². The van der Waals surface area contributed by atoms with Gasteiger partial charge >= 0.3 is 5.97 Å². The first kappa shape index (κ1) is 14.2. The Labute approximate surface area is 107 Å². The van der Waals surface area contributed by atoms with E-state index in [2.05, 4.69) is 9.84 Å². The minimum atomic E-state index is -0.438. The van der Waals surface area contributed by atoms with Crippen molar-refractivity contribution in [3.63, 3.8) is 0 Å². The smallest absolute Gasteiger partial charge is 0.325 e. The second-order valence-electron chi connectivity index (χ2n) is 4.30. The molecule has 0 saturated heterocycles. The van der Waals surface area contributed by atoms with Crippen molar-refractivity contribution >= 4 is 11.9 Å². The molecule has 1 rings (SSSR count). The average Bonchev–Trinajstić information content (AvgIpc) is 2.87. The number of ether oxygens (including phenoxy) is 1. The highest BCUT2D eigenvalue weighted by molar-refractivity contribution is 5.84. The first-order valence-electron chi connectivity index (χ1n) is 5.83. The highest BCUT2D eigenvalue weighted by Gasteiger charge is 2.26. The number of methoxy groups -OCH3 is 1. The summed E-state index contributed by atoms with van der Waals surface area (Å²) in [5.74, 6) is -0.580. The Morgan fingerprint density at radius 1 is 1.39 bits per heavy atom. The molecule has 0 radical (unpaired) electrons. The highest BCUT2D eigenvalue weighted by atomic mass is 16.5. The van der Waals surface area contributed by atoms with Crippen molar-refractivity contribution in [1.82, 2.24) is 14.7 Å². The molecule has 0 saturated carbocycles. The number of hydrogen-bond acceptors (Lipinski definition) is 4. The van der Waals surface area contributed by atoms with Crippen LogP contribution in [0.1, 0.15) is 26.8 Å². The Hall–Kier alpha value is -1.85. The van der Waals surface area contributed by atoms with Crippen molar-refractivity contribution in [3.05, 3.63) is 18.5 Å². The standard InChI is InChI=1S/C12H19N3O3/c1-9(2)14(8-11(16)18-4)12(17)10(3)15-7-5-6-13-15/h5-7,9-10H,8H2,1-4H3. The molecule has 0 spiro atoms. The van der Waals surface area contributed by atoms with E-state index in [1.807, 2.05) is 13.8 Å². The van der Waals surface area contributed by atoms with Gasteiger partial charge in [0.25, 0.3) is 0 Å². The van der Waals surface area contributed by atoms with E-state index < -0.39 is 12.0 Å². The van der Waals surface area contributed by atoms with Crippen molar-refractivity contribution in [1.29, 1.82) is 0 Å². The molecule has 6 heteroatoms. The summed E-state index contributed by atoms with van der Waals surface area (Å²) < 4.78 is 6.16. The van der Waals surface area contributed by atoms with E-state index in [-0.39, 0.29) is 18.5 Å².